The Balaban J connectivity index is 4.05. The van der Waals surface area contributed by atoms with Gasteiger partial charge in [-0.05, 0) is 19.3 Å². The SMILES string of the molecule is CCCCOC[C@H](COP(=O)(O)CCC)OCCCC. The van der Waals surface area contributed by atoms with Gasteiger partial charge in [0, 0.05) is 19.4 Å². The smallest absolute Gasteiger partial charge is 0.328 e. The Bertz CT molecular complexity index is 260. The highest BCUT2D eigenvalue weighted by Gasteiger charge is 2.21. The minimum absolute atomic E-state index is 0.115. The minimum atomic E-state index is -3.47. The van der Waals surface area contributed by atoms with Gasteiger partial charge in [0.2, 0.25) is 0 Å². The lowest BCUT2D eigenvalue weighted by molar-refractivity contribution is -0.0398. The Morgan fingerprint density at radius 1 is 1.00 bits per heavy atom. The van der Waals surface area contributed by atoms with Gasteiger partial charge >= 0.3 is 7.60 Å². The van der Waals surface area contributed by atoms with Crippen molar-refractivity contribution in [3.8, 4) is 0 Å². The summed E-state index contributed by atoms with van der Waals surface area (Å²) in [5.41, 5.74) is 0. The molecule has 0 bridgehead atoms. The molecule has 2 atom stereocenters. The van der Waals surface area contributed by atoms with Crippen LogP contribution in [0.1, 0.15) is 52.9 Å². The van der Waals surface area contributed by atoms with Crippen molar-refractivity contribution in [2.45, 2.75) is 59.0 Å². The van der Waals surface area contributed by atoms with E-state index >= 15 is 0 Å². The molecule has 0 aliphatic rings. The van der Waals surface area contributed by atoms with E-state index in [4.69, 9.17) is 14.0 Å². The summed E-state index contributed by atoms with van der Waals surface area (Å²) in [5, 5.41) is 0. The molecule has 0 aromatic carbocycles. The van der Waals surface area contributed by atoms with Gasteiger partial charge in [0.25, 0.3) is 0 Å². The molecular weight excluding hydrogens is 279 g/mol. The van der Waals surface area contributed by atoms with Gasteiger partial charge in [-0.3, -0.25) is 4.57 Å². The number of hydrogen-bond donors (Lipinski definition) is 1. The van der Waals surface area contributed by atoms with Crippen LogP contribution in [-0.4, -0.2) is 43.6 Å². The maximum Gasteiger partial charge on any atom is 0.328 e. The molecule has 5 nitrogen and oxygen atoms in total. The molecule has 20 heavy (non-hydrogen) atoms. The largest absolute Gasteiger partial charge is 0.379 e. The highest BCUT2D eigenvalue weighted by atomic mass is 31.2. The number of unbranched alkanes of at least 4 members (excludes halogenated alkanes) is 2. The fourth-order valence-corrected chi connectivity index (χ4v) is 2.64. The van der Waals surface area contributed by atoms with E-state index in [1.807, 2.05) is 6.92 Å². The molecule has 0 rings (SSSR count). The Hall–Kier alpha value is 0.0700. The van der Waals surface area contributed by atoms with Crippen molar-refractivity contribution in [3.05, 3.63) is 0 Å². The van der Waals surface area contributed by atoms with Gasteiger partial charge in [-0.2, -0.15) is 0 Å². The van der Waals surface area contributed by atoms with Gasteiger partial charge in [-0.25, -0.2) is 0 Å². The van der Waals surface area contributed by atoms with E-state index in [9.17, 15) is 9.46 Å². The van der Waals surface area contributed by atoms with E-state index in [0.717, 1.165) is 25.7 Å². The van der Waals surface area contributed by atoms with Crippen LogP contribution < -0.4 is 0 Å². The second-order valence-corrected chi connectivity index (χ2v) is 6.91. The van der Waals surface area contributed by atoms with E-state index in [0.29, 0.717) is 26.2 Å². The minimum Gasteiger partial charge on any atom is -0.379 e. The normalized spacial score (nSPS) is 16.0. The van der Waals surface area contributed by atoms with E-state index in [1.165, 1.54) is 0 Å². The third-order valence-corrected chi connectivity index (χ3v) is 4.33. The predicted octanol–water partition coefficient (Wildman–Crippen LogP) is 3.60. The molecule has 0 aliphatic heterocycles. The Labute approximate surface area is 123 Å². The molecule has 0 aromatic heterocycles. The summed E-state index contributed by atoms with van der Waals surface area (Å²) in [4.78, 5) is 9.58. The number of ether oxygens (including phenoxy) is 2. The Kier molecular flexibility index (Phi) is 12.8. The lowest BCUT2D eigenvalue weighted by Gasteiger charge is -2.20. The topological polar surface area (TPSA) is 65.0 Å². The highest BCUT2D eigenvalue weighted by Crippen LogP contribution is 2.42. The van der Waals surface area contributed by atoms with Crippen molar-refractivity contribution < 1.29 is 23.5 Å². The summed E-state index contributed by atoms with van der Waals surface area (Å²) >= 11 is 0. The van der Waals surface area contributed by atoms with Gasteiger partial charge in [0.05, 0.1) is 13.2 Å². The second-order valence-electron chi connectivity index (χ2n) is 4.93. The fourth-order valence-electron chi connectivity index (χ4n) is 1.55. The molecule has 0 aliphatic carbocycles. The summed E-state index contributed by atoms with van der Waals surface area (Å²) in [6.45, 7) is 7.90. The first-order valence-corrected chi connectivity index (χ1v) is 9.47. The lowest BCUT2D eigenvalue weighted by atomic mass is 10.3. The zero-order valence-electron chi connectivity index (χ0n) is 13.2. The molecule has 1 N–H and O–H groups in total. The van der Waals surface area contributed by atoms with Crippen molar-refractivity contribution in [2.24, 2.45) is 0 Å². The predicted molar refractivity (Wildman–Crippen MR) is 81.3 cm³/mol. The lowest BCUT2D eigenvalue weighted by Crippen LogP contribution is -2.26. The average Bonchev–Trinajstić information content (AvgIpc) is 2.40. The van der Waals surface area contributed by atoms with Crippen molar-refractivity contribution in [2.75, 3.05) is 32.6 Å². The summed E-state index contributed by atoms with van der Waals surface area (Å²) in [7, 11) is -3.47. The third-order valence-electron chi connectivity index (χ3n) is 2.77. The quantitative estimate of drug-likeness (QED) is 0.392. The molecule has 0 radical (unpaired) electrons. The van der Waals surface area contributed by atoms with Crippen LogP contribution in [0.5, 0.6) is 0 Å². The maximum atomic E-state index is 11.7. The zero-order valence-corrected chi connectivity index (χ0v) is 14.1. The first-order chi connectivity index (χ1) is 9.55. The molecule has 0 amide bonds. The molecular formula is C14H31O5P. The van der Waals surface area contributed by atoms with Crippen molar-refractivity contribution >= 4 is 7.60 Å². The van der Waals surface area contributed by atoms with E-state index in [1.54, 1.807) is 0 Å². The van der Waals surface area contributed by atoms with Gasteiger partial charge < -0.3 is 18.9 Å². The summed E-state index contributed by atoms with van der Waals surface area (Å²) in [6.07, 6.45) is 4.66. The number of hydrogen-bond acceptors (Lipinski definition) is 4. The average molecular weight is 310 g/mol. The van der Waals surface area contributed by atoms with Crippen molar-refractivity contribution in [1.82, 2.24) is 0 Å². The second kappa shape index (κ2) is 12.8. The van der Waals surface area contributed by atoms with Gasteiger partial charge in [0.1, 0.15) is 6.10 Å². The Morgan fingerprint density at radius 2 is 1.65 bits per heavy atom. The molecule has 1 unspecified atom stereocenters. The third kappa shape index (κ3) is 11.9. The van der Waals surface area contributed by atoms with Gasteiger partial charge in [-0.1, -0.05) is 33.6 Å². The summed E-state index contributed by atoms with van der Waals surface area (Å²) in [6, 6.07) is 0. The first-order valence-electron chi connectivity index (χ1n) is 7.71. The van der Waals surface area contributed by atoms with E-state index in [-0.39, 0.29) is 18.9 Å². The van der Waals surface area contributed by atoms with Crippen LogP contribution in [0.4, 0.5) is 0 Å². The van der Waals surface area contributed by atoms with Crippen LogP contribution in [-0.2, 0) is 18.6 Å². The van der Waals surface area contributed by atoms with Crippen LogP contribution in [0.15, 0.2) is 0 Å². The molecule has 0 fully saturated rings. The van der Waals surface area contributed by atoms with Crippen LogP contribution in [0.2, 0.25) is 0 Å². The van der Waals surface area contributed by atoms with Gasteiger partial charge in [-0.15, -0.1) is 0 Å². The zero-order chi connectivity index (χ0) is 15.3. The van der Waals surface area contributed by atoms with Crippen molar-refractivity contribution in [1.29, 1.82) is 0 Å². The van der Waals surface area contributed by atoms with Gasteiger partial charge in [0.15, 0.2) is 0 Å². The molecule has 6 heteroatoms. The standard InChI is InChI=1S/C14H31O5P/c1-4-7-9-17-12-14(18-10-8-5-2)13-19-20(15,16)11-6-3/h14H,4-13H2,1-3H3,(H,15,16)/t14-/m1/s1. The summed E-state index contributed by atoms with van der Waals surface area (Å²) in [5.74, 6) is 0. The molecule has 0 aromatic rings. The molecule has 0 saturated carbocycles. The molecule has 0 saturated heterocycles. The first kappa shape index (κ1) is 20.1. The highest BCUT2D eigenvalue weighted by molar-refractivity contribution is 7.52. The van der Waals surface area contributed by atoms with E-state index < -0.39 is 7.60 Å². The molecule has 122 valence electrons. The molecule has 0 spiro atoms. The van der Waals surface area contributed by atoms with Crippen molar-refractivity contribution in [3.63, 3.8) is 0 Å². The van der Waals surface area contributed by atoms with Crippen LogP contribution in [0.25, 0.3) is 0 Å². The maximum absolute atomic E-state index is 11.7. The summed E-state index contributed by atoms with van der Waals surface area (Å²) < 4.78 is 28.0. The number of rotatable bonds is 14. The van der Waals surface area contributed by atoms with Crippen LogP contribution in [0, 0.1) is 0 Å². The van der Waals surface area contributed by atoms with Crippen LogP contribution in [0.3, 0.4) is 0 Å². The monoisotopic (exact) mass is 310 g/mol. The van der Waals surface area contributed by atoms with E-state index in [2.05, 4.69) is 13.8 Å². The Morgan fingerprint density at radius 3 is 2.25 bits per heavy atom. The molecule has 0 heterocycles. The fraction of sp³-hybridized carbons (Fsp3) is 1.00. The van der Waals surface area contributed by atoms with Crippen LogP contribution >= 0.6 is 7.60 Å².